The summed E-state index contributed by atoms with van der Waals surface area (Å²) in [6.45, 7) is -0.176. The fourth-order valence-electron chi connectivity index (χ4n) is 1.30. The van der Waals surface area contributed by atoms with Crippen molar-refractivity contribution in [3.05, 3.63) is 29.2 Å². The number of hydrogen-bond donors (Lipinski definition) is 3. The van der Waals surface area contributed by atoms with Crippen molar-refractivity contribution in [3.8, 4) is 0 Å². The number of carbonyl (C=O) groups is 1. The van der Waals surface area contributed by atoms with Crippen molar-refractivity contribution >= 4 is 22.5 Å². The molecule has 2 heterocycles. The van der Waals surface area contributed by atoms with Crippen LogP contribution in [0.25, 0.3) is 0 Å². The van der Waals surface area contributed by atoms with Crippen molar-refractivity contribution in [1.29, 1.82) is 0 Å². The molecule has 0 saturated heterocycles. The Bertz CT molecular complexity index is 599. The van der Waals surface area contributed by atoms with E-state index in [1.165, 1.54) is 12.3 Å². The summed E-state index contributed by atoms with van der Waals surface area (Å²) in [6.07, 6.45) is -4.31. The van der Waals surface area contributed by atoms with E-state index in [4.69, 9.17) is 4.42 Å². The van der Waals surface area contributed by atoms with Gasteiger partial charge >= 0.3 is 12.2 Å². The zero-order chi connectivity index (χ0) is 15.5. The minimum Gasteiger partial charge on any atom is -0.467 e. The molecule has 3 N–H and O–H groups in total. The summed E-state index contributed by atoms with van der Waals surface area (Å²) in [6, 6.07) is 2.27. The molecule has 0 aliphatic rings. The molecule has 0 saturated carbocycles. The summed E-state index contributed by atoms with van der Waals surface area (Å²) in [5, 5.41) is 18.6. The van der Waals surface area contributed by atoms with Gasteiger partial charge in [-0.2, -0.15) is 13.2 Å². The van der Waals surface area contributed by atoms with E-state index < -0.39 is 23.3 Å². The molecule has 2 amide bonds. The summed E-state index contributed by atoms with van der Waals surface area (Å²) in [7, 11) is 0. The third kappa shape index (κ3) is 4.16. The van der Waals surface area contributed by atoms with E-state index in [0.29, 0.717) is 0 Å². The second-order valence-electron chi connectivity index (χ2n) is 3.78. The number of urea groups is 1. The maximum Gasteiger partial charge on any atom is 0.445 e. The molecule has 21 heavy (non-hydrogen) atoms. The Morgan fingerprint density at radius 1 is 1.48 bits per heavy atom. The van der Waals surface area contributed by atoms with Crippen LogP contribution in [-0.2, 0) is 6.18 Å². The van der Waals surface area contributed by atoms with E-state index in [2.05, 4.69) is 20.8 Å². The van der Waals surface area contributed by atoms with Gasteiger partial charge < -0.3 is 14.8 Å². The number of rotatable bonds is 4. The van der Waals surface area contributed by atoms with Crippen molar-refractivity contribution in [2.45, 2.75) is 12.3 Å². The van der Waals surface area contributed by atoms with E-state index in [9.17, 15) is 23.1 Å². The van der Waals surface area contributed by atoms with Crippen LogP contribution in [0.1, 0.15) is 16.9 Å². The van der Waals surface area contributed by atoms with Gasteiger partial charge in [-0.1, -0.05) is 11.3 Å². The largest absolute Gasteiger partial charge is 0.467 e. The van der Waals surface area contributed by atoms with E-state index in [1.807, 2.05) is 0 Å². The first-order valence-corrected chi connectivity index (χ1v) is 6.35. The molecule has 0 spiro atoms. The van der Waals surface area contributed by atoms with Gasteiger partial charge in [-0.15, -0.1) is 10.2 Å². The minimum absolute atomic E-state index is 0.176. The molecular formula is C10H9F3N4O3S. The number of aliphatic hydroxyl groups excluding tert-OH is 1. The molecule has 0 aliphatic heterocycles. The van der Waals surface area contributed by atoms with Gasteiger partial charge in [0, 0.05) is 0 Å². The number of anilines is 1. The van der Waals surface area contributed by atoms with Gasteiger partial charge in [0.25, 0.3) is 0 Å². The zero-order valence-electron chi connectivity index (χ0n) is 10.2. The predicted molar refractivity (Wildman–Crippen MR) is 65.6 cm³/mol. The van der Waals surface area contributed by atoms with Crippen molar-refractivity contribution in [1.82, 2.24) is 15.5 Å². The van der Waals surface area contributed by atoms with Gasteiger partial charge in [-0.25, -0.2) is 4.79 Å². The molecule has 11 heteroatoms. The monoisotopic (exact) mass is 322 g/mol. The van der Waals surface area contributed by atoms with Crippen LogP contribution in [0.15, 0.2) is 22.8 Å². The van der Waals surface area contributed by atoms with Gasteiger partial charge in [-0.3, -0.25) is 5.32 Å². The second kappa shape index (κ2) is 6.10. The average Bonchev–Trinajstić information content (AvgIpc) is 3.05. The third-order valence-corrected chi connectivity index (χ3v) is 3.10. The van der Waals surface area contributed by atoms with Gasteiger partial charge in [0.2, 0.25) is 10.1 Å². The van der Waals surface area contributed by atoms with Gasteiger partial charge in [0.15, 0.2) is 0 Å². The first-order valence-electron chi connectivity index (χ1n) is 5.53. The van der Waals surface area contributed by atoms with Crippen LogP contribution in [0.3, 0.4) is 0 Å². The Labute approximate surface area is 119 Å². The Balaban J connectivity index is 1.83. The van der Waals surface area contributed by atoms with Crippen molar-refractivity contribution in [2.24, 2.45) is 0 Å². The molecule has 7 nitrogen and oxygen atoms in total. The highest BCUT2D eigenvalue weighted by molar-refractivity contribution is 7.15. The van der Waals surface area contributed by atoms with Crippen molar-refractivity contribution in [3.63, 3.8) is 0 Å². The van der Waals surface area contributed by atoms with Gasteiger partial charge in [-0.05, 0) is 12.1 Å². The topological polar surface area (TPSA) is 100 Å². The molecule has 0 aliphatic carbocycles. The Kier molecular flexibility index (Phi) is 4.43. The lowest BCUT2D eigenvalue weighted by molar-refractivity contribution is -0.138. The van der Waals surface area contributed by atoms with Crippen molar-refractivity contribution < 1.29 is 27.5 Å². The lowest BCUT2D eigenvalue weighted by Gasteiger charge is -2.09. The zero-order valence-corrected chi connectivity index (χ0v) is 11.0. The first kappa shape index (κ1) is 15.3. The average molecular weight is 322 g/mol. The third-order valence-electron chi connectivity index (χ3n) is 2.22. The second-order valence-corrected chi connectivity index (χ2v) is 4.75. The van der Waals surface area contributed by atoms with Crippen molar-refractivity contribution in [2.75, 3.05) is 11.9 Å². The summed E-state index contributed by atoms with van der Waals surface area (Å²) in [5.74, 6) is 0.255. The summed E-state index contributed by atoms with van der Waals surface area (Å²) >= 11 is 0.200. The fourth-order valence-corrected chi connectivity index (χ4v) is 1.91. The number of aromatic nitrogens is 2. The number of aliphatic hydroxyl groups is 1. The standard InChI is InChI=1S/C10H9F3N4O3S/c11-10(12,13)7-16-17-9(21-7)15-8(19)14-4-5(18)6-2-1-3-20-6/h1-3,5,18H,4H2,(H2,14,15,17,19). The van der Waals surface area contributed by atoms with Crippen LogP contribution in [0.2, 0.25) is 0 Å². The van der Waals surface area contributed by atoms with Crippen LogP contribution in [0, 0.1) is 0 Å². The number of halogens is 3. The van der Waals surface area contributed by atoms with Crippen LogP contribution >= 0.6 is 11.3 Å². The van der Waals surface area contributed by atoms with Gasteiger partial charge in [0.1, 0.15) is 11.9 Å². The number of carbonyl (C=O) groups excluding carboxylic acids is 1. The highest BCUT2D eigenvalue weighted by Crippen LogP contribution is 2.32. The highest BCUT2D eigenvalue weighted by Gasteiger charge is 2.35. The Hall–Kier alpha value is -2.14. The van der Waals surface area contributed by atoms with Crippen LogP contribution in [-0.4, -0.2) is 27.9 Å². The molecule has 1 atom stereocenters. The van der Waals surface area contributed by atoms with Crippen LogP contribution in [0.4, 0.5) is 23.1 Å². The summed E-state index contributed by atoms with van der Waals surface area (Å²) < 4.78 is 41.8. The first-order chi connectivity index (χ1) is 9.86. The maximum atomic E-state index is 12.3. The molecule has 2 rings (SSSR count). The smallest absolute Gasteiger partial charge is 0.445 e. The molecule has 1 unspecified atom stereocenters. The van der Waals surface area contributed by atoms with E-state index in [-0.39, 0.29) is 28.8 Å². The number of alkyl halides is 3. The van der Waals surface area contributed by atoms with E-state index >= 15 is 0 Å². The predicted octanol–water partition coefficient (Wildman–Crippen LogP) is 2.00. The van der Waals surface area contributed by atoms with Gasteiger partial charge in [0.05, 0.1) is 12.8 Å². The highest BCUT2D eigenvalue weighted by atomic mass is 32.1. The normalized spacial score (nSPS) is 13.0. The number of furan rings is 1. The SMILES string of the molecule is O=C(NCC(O)c1ccco1)Nc1nnc(C(F)(F)F)s1. The lowest BCUT2D eigenvalue weighted by atomic mass is 10.3. The lowest BCUT2D eigenvalue weighted by Crippen LogP contribution is -2.32. The molecule has 0 bridgehead atoms. The van der Waals surface area contributed by atoms with Crippen LogP contribution in [0.5, 0.6) is 0 Å². The fraction of sp³-hybridized carbons (Fsp3) is 0.300. The number of nitrogens with one attached hydrogen (secondary N) is 2. The summed E-state index contributed by atoms with van der Waals surface area (Å²) in [5.41, 5.74) is 0. The summed E-state index contributed by atoms with van der Waals surface area (Å²) in [4.78, 5) is 11.4. The molecule has 114 valence electrons. The molecular weight excluding hydrogens is 313 g/mol. The Morgan fingerprint density at radius 2 is 2.24 bits per heavy atom. The number of nitrogens with zero attached hydrogens (tertiary/aromatic N) is 2. The quantitative estimate of drug-likeness (QED) is 0.799. The molecule has 2 aromatic rings. The molecule has 2 aromatic heterocycles. The maximum absolute atomic E-state index is 12.3. The van der Waals surface area contributed by atoms with E-state index in [0.717, 1.165) is 0 Å². The number of hydrogen-bond acceptors (Lipinski definition) is 6. The van der Waals surface area contributed by atoms with Crippen LogP contribution < -0.4 is 10.6 Å². The number of amides is 2. The molecule has 0 radical (unpaired) electrons. The Morgan fingerprint density at radius 3 is 2.81 bits per heavy atom. The molecule has 0 aromatic carbocycles. The minimum atomic E-state index is -4.61. The molecule has 0 fully saturated rings. The van der Waals surface area contributed by atoms with E-state index in [1.54, 1.807) is 6.07 Å².